The molecule has 2 aromatic rings. The van der Waals surface area contributed by atoms with Gasteiger partial charge in [0.15, 0.2) is 0 Å². The molecular formula is C9H8BN4. The summed E-state index contributed by atoms with van der Waals surface area (Å²) in [5.41, 5.74) is 1.81. The maximum Gasteiger partial charge on any atom is 0.0691 e. The third-order valence-electron chi connectivity index (χ3n) is 1.62. The topological polar surface area (TPSA) is 51.6 Å². The summed E-state index contributed by atoms with van der Waals surface area (Å²) in [6.45, 7) is 0. The molecule has 0 bridgehead atoms. The lowest BCUT2D eigenvalue weighted by molar-refractivity contribution is 0.881. The lowest BCUT2D eigenvalue weighted by atomic mass is 10.2. The van der Waals surface area contributed by atoms with Gasteiger partial charge in [-0.2, -0.15) is 20.4 Å². The molecule has 0 aromatic carbocycles. The van der Waals surface area contributed by atoms with Crippen molar-refractivity contribution in [3.05, 3.63) is 48.0 Å². The van der Waals surface area contributed by atoms with E-state index in [1.54, 1.807) is 12.4 Å². The Bertz CT molecular complexity index is 328. The molecule has 3 radical (unpaired) electrons. The van der Waals surface area contributed by atoms with Crippen LogP contribution in [0.4, 0.5) is 0 Å². The van der Waals surface area contributed by atoms with Gasteiger partial charge in [0.25, 0.3) is 0 Å². The van der Waals surface area contributed by atoms with Gasteiger partial charge in [-0.15, -0.1) is 0 Å². The molecule has 0 atom stereocenters. The highest BCUT2D eigenvalue weighted by Crippen LogP contribution is 2.00. The largest absolute Gasteiger partial charge is 0.159 e. The van der Waals surface area contributed by atoms with Crippen LogP contribution in [0.25, 0.3) is 0 Å². The molecule has 0 aliphatic heterocycles. The second kappa shape index (κ2) is 5.06. The minimum absolute atomic E-state index is 0. The first-order valence-corrected chi connectivity index (χ1v) is 3.98. The lowest BCUT2D eigenvalue weighted by Gasteiger charge is -1.96. The van der Waals surface area contributed by atoms with Crippen LogP contribution >= 0.6 is 0 Å². The van der Waals surface area contributed by atoms with Crippen molar-refractivity contribution in [1.29, 1.82) is 0 Å². The average molecular weight is 183 g/mol. The Morgan fingerprint density at radius 3 is 1.71 bits per heavy atom. The van der Waals surface area contributed by atoms with E-state index in [1.165, 1.54) is 0 Å². The van der Waals surface area contributed by atoms with Gasteiger partial charge in [-0.25, -0.2) is 0 Å². The van der Waals surface area contributed by atoms with Gasteiger partial charge in [-0.3, -0.25) is 0 Å². The van der Waals surface area contributed by atoms with E-state index in [1.807, 2.05) is 24.3 Å². The summed E-state index contributed by atoms with van der Waals surface area (Å²) in [6.07, 6.45) is 3.99. The molecule has 5 heteroatoms. The Morgan fingerprint density at radius 2 is 1.36 bits per heavy atom. The van der Waals surface area contributed by atoms with Gasteiger partial charge in [0.1, 0.15) is 0 Å². The van der Waals surface area contributed by atoms with E-state index in [4.69, 9.17) is 0 Å². The van der Waals surface area contributed by atoms with Crippen molar-refractivity contribution < 1.29 is 0 Å². The van der Waals surface area contributed by atoms with Crippen molar-refractivity contribution in [2.45, 2.75) is 6.42 Å². The van der Waals surface area contributed by atoms with Crippen LogP contribution in [0, 0.1) is 0 Å². The van der Waals surface area contributed by atoms with E-state index in [-0.39, 0.29) is 8.41 Å². The van der Waals surface area contributed by atoms with E-state index in [0.29, 0.717) is 6.42 Å². The van der Waals surface area contributed by atoms with Gasteiger partial charge in [-0.1, -0.05) is 0 Å². The third kappa shape index (κ3) is 2.62. The number of aromatic nitrogens is 4. The van der Waals surface area contributed by atoms with Gasteiger partial charge in [0, 0.05) is 27.2 Å². The Hall–Kier alpha value is -1.78. The standard InChI is InChI=1S/C9H8N4.B/c1-3-8(12-10-5-1)7-9-4-2-6-11-13-9;/h1-6H,7H2;. The van der Waals surface area contributed by atoms with Crippen molar-refractivity contribution in [1.82, 2.24) is 20.4 Å². The quantitative estimate of drug-likeness (QED) is 0.635. The van der Waals surface area contributed by atoms with Crippen LogP contribution in [0.2, 0.25) is 0 Å². The van der Waals surface area contributed by atoms with Crippen LogP contribution < -0.4 is 0 Å². The zero-order valence-corrected chi connectivity index (χ0v) is 7.54. The lowest BCUT2D eigenvalue weighted by Crippen LogP contribution is -1.96. The van der Waals surface area contributed by atoms with Gasteiger partial charge >= 0.3 is 0 Å². The van der Waals surface area contributed by atoms with E-state index < -0.39 is 0 Å². The molecule has 0 N–H and O–H groups in total. The number of rotatable bonds is 2. The van der Waals surface area contributed by atoms with Gasteiger partial charge < -0.3 is 0 Å². The maximum atomic E-state index is 3.96. The smallest absolute Gasteiger partial charge is 0.0691 e. The molecule has 0 unspecified atom stereocenters. The van der Waals surface area contributed by atoms with Crippen LogP contribution in [-0.4, -0.2) is 28.8 Å². The SMILES string of the molecule is [B].c1cnnc(Cc2cccnn2)c1. The minimum atomic E-state index is 0. The van der Waals surface area contributed by atoms with E-state index in [9.17, 15) is 0 Å². The van der Waals surface area contributed by atoms with E-state index in [2.05, 4.69) is 20.4 Å². The Labute approximate surface area is 84.0 Å². The summed E-state index contributed by atoms with van der Waals surface area (Å²) in [7, 11) is 0. The molecule has 0 saturated carbocycles. The number of hydrogen-bond acceptors (Lipinski definition) is 4. The highest BCUT2D eigenvalue weighted by molar-refractivity contribution is 5.75. The Morgan fingerprint density at radius 1 is 0.857 bits per heavy atom. The molecular weight excluding hydrogens is 175 g/mol. The second-order valence-electron chi connectivity index (χ2n) is 2.61. The molecule has 2 aromatic heterocycles. The minimum Gasteiger partial charge on any atom is -0.159 e. The number of nitrogens with zero attached hydrogens (tertiary/aromatic N) is 4. The molecule has 2 heterocycles. The molecule has 0 aliphatic rings. The van der Waals surface area contributed by atoms with Crippen molar-refractivity contribution in [2.24, 2.45) is 0 Å². The third-order valence-corrected chi connectivity index (χ3v) is 1.62. The molecule has 4 nitrogen and oxygen atoms in total. The Kier molecular flexibility index (Phi) is 3.73. The summed E-state index contributed by atoms with van der Waals surface area (Å²) in [5, 5.41) is 15.5. The number of hydrogen-bond donors (Lipinski definition) is 0. The van der Waals surface area contributed by atoms with Crippen molar-refractivity contribution >= 4 is 8.41 Å². The monoisotopic (exact) mass is 183 g/mol. The Balaban J connectivity index is 0.000000980. The highest BCUT2D eigenvalue weighted by Gasteiger charge is 1.97. The normalized spacial score (nSPS) is 9.14. The fourth-order valence-corrected chi connectivity index (χ4v) is 1.04. The first-order valence-electron chi connectivity index (χ1n) is 3.98. The summed E-state index contributed by atoms with van der Waals surface area (Å²) < 4.78 is 0. The van der Waals surface area contributed by atoms with Crippen LogP contribution in [0.15, 0.2) is 36.7 Å². The van der Waals surface area contributed by atoms with Crippen LogP contribution in [0.5, 0.6) is 0 Å². The predicted molar refractivity (Wildman–Crippen MR) is 52.6 cm³/mol. The van der Waals surface area contributed by atoms with Gasteiger partial charge in [0.05, 0.1) is 11.4 Å². The first kappa shape index (κ1) is 10.3. The first-order chi connectivity index (χ1) is 6.45. The zero-order valence-electron chi connectivity index (χ0n) is 7.54. The fourth-order valence-electron chi connectivity index (χ4n) is 1.04. The second-order valence-corrected chi connectivity index (χ2v) is 2.61. The molecule has 0 aliphatic carbocycles. The predicted octanol–water partition coefficient (Wildman–Crippen LogP) is 0.477. The molecule has 0 fully saturated rings. The molecule has 0 saturated heterocycles. The van der Waals surface area contributed by atoms with Gasteiger partial charge in [-0.05, 0) is 24.3 Å². The molecule has 0 spiro atoms. The van der Waals surface area contributed by atoms with Crippen LogP contribution in [0.1, 0.15) is 11.4 Å². The van der Waals surface area contributed by atoms with Gasteiger partial charge in [0.2, 0.25) is 0 Å². The maximum absolute atomic E-state index is 3.96. The van der Waals surface area contributed by atoms with Crippen molar-refractivity contribution in [3.8, 4) is 0 Å². The summed E-state index contributed by atoms with van der Waals surface area (Å²) in [5.74, 6) is 0. The zero-order chi connectivity index (χ0) is 8.93. The van der Waals surface area contributed by atoms with Crippen molar-refractivity contribution in [2.75, 3.05) is 0 Å². The van der Waals surface area contributed by atoms with E-state index in [0.717, 1.165) is 11.4 Å². The van der Waals surface area contributed by atoms with Crippen LogP contribution in [-0.2, 0) is 6.42 Å². The van der Waals surface area contributed by atoms with Crippen molar-refractivity contribution in [3.63, 3.8) is 0 Å². The highest BCUT2D eigenvalue weighted by atomic mass is 15.1. The fraction of sp³-hybridized carbons (Fsp3) is 0.111. The molecule has 2 rings (SSSR count). The molecule has 0 amide bonds. The van der Waals surface area contributed by atoms with Crippen LogP contribution in [0.3, 0.4) is 0 Å². The molecule has 67 valence electrons. The average Bonchev–Trinajstić information content (AvgIpc) is 2.21. The summed E-state index contributed by atoms with van der Waals surface area (Å²) >= 11 is 0. The van der Waals surface area contributed by atoms with E-state index >= 15 is 0 Å². The summed E-state index contributed by atoms with van der Waals surface area (Å²) in [6, 6.07) is 7.56. The molecule has 14 heavy (non-hydrogen) atoms. The summed E-state index contributed by atoms with van der Waals surface area (Å²) in [4.78, 5) is 0.